The van der Waals surface area contributed by atoms with Crippen LogP contribution in [-0.2, 0) is 11.2 Å². The Balaban J connectivity index is 1.54. The quantitative estimate of drug-likeness (QED) is 0.330. The molecule has 2 heterocycles. The van der Waals surface area contributed by atoms with E-state index in [0.29, 0.717) is 16.5 Å². The molecule has 3 atom stereocenters. The van der Waals surface area contributed by atoms with Crippen molar-refractivity contribution in [2.45, 2.75) is 70.7 Å². The monoisotopic (exact) mass is 562 g/mol. The summed E-state index contributed by atoms with van der Waals surface area (Å²) in [6, 6.07) is 20.0. The molecule has 0 radical (unpaired) electrons. The Morgan fingerprint density at radius 1 is 1.00 bits per heavy atom. The van der Waals surface area contributed by atoms with Crippen molar-refractivity contribution >= 4 is 23.2 Å². The molecule has 3 unspecified atom stereocenters. The predicted octanol–water partition coefficient (Wildman–Crippen LogP) is 6.72. The molecule has 2 aliphatic heterocycles. The number of ether oxygens (including phenoxy) is 2. The number of nitrogens with zero attached hydrogens (tertiary/aromatic N) is 2. The first-order chi connectivity index (χ1) is 19.3. The maximum Gasteiger partial charge on any atom is 0.232 e. The number of carbonyl (C=O) groups is 1. The summed E-state index contributed by atoms with van der Waals surface area (Å²) in [5, 5.41) is 10.6. The molecular weight excluding hydrogens is 524 g/mol. The summed E-state index contributed by atoms with van der Waals surface area (Å²) in [5.74, 6) is 1.34. The fourth-order valence-electron chi connectivity index (χ4n) is 5.77. The lowest BCUT2D eigenvalue weighted by molar-refractivity contribution is -0.118. The fourth-order valence-corrected chi connectivity index (χ4v) is 5.90. The summed E-state index contributed by atoms with van der Waals surface area (Å²) in [4.78, 5) is 18.1. The van der Waals surface area contributed by atoms with Gasteiger partial charge in [0, 0.05) is 29.8 Å². The number of anilines is 1. The summed E-state index contributed by atoms with van der Waals surface area (Å²) in [7, 11) is 1.63. The van der Waals surface area contributed by atoms with Crippen LogP contribution in [-0.4, -0.2) is 48.3 Å². The van der Waals surface area contributed by atoms with Crippen molar-refractivity contribution in [3.05, 3.63) is 87.9 Å². The maximum atomic E-state index is 13.8. The first-order valence-electron chi connectivity index (χ1n) is 14.3. The second kappa shape index (κ2) is 12.2. The largest absolute Gasteiger partial charge is 0.493 e. The lowest BCUT2D eigenvalue weighted by Crippen LogP contribution is -2.41. The molecule has 0 bridgehead atoms. The van der Waals surface area contributed by atoms with Gasteiger partial charge in [0.05, 0.1) is 31.8 Å². The summed E-state index contributed by atoms with van der Waals surface area (Å²) >= 11 is 6.26. The third-order valence-electron chi connectivity index (χ3n) is 8.38. The van der Waals surface area contributed by atoms with Gasteiger partial charge in [-0.3, -0.25) is 9.69 Å². The van der Waals surface area contributed by atoms with Crippen LogP contribution in [0.3, 0.4) is 0 Å². The zero-order valence-corrected chi connectivity index (χ0v) is 24.5. The van der Waals surface area contributed by atoms with E-state index in [-0.39, 0.29) is 36.6 Å². The topological polar surface area (TPSA) is 62.2 Å². The summed E-state index contributed by atoms with van der Waals surface area (Å²) in [6.45, 7) is 8.10. The van der Waals surface area contributed by atoms with Gasteiger partial charge in [0.15, 0.2) is 11.5 Å². The van der Waals surface area contributed by atoms with E-state index < -0.39 is 0 Å². The molecule has 0 spiro atoms. The van der Waals surface area contributed by atoms with Gasteiger partial charge in [-0.1, -0.05) is 42.8 Å². The third kappa shape index (κ3) is 5.85. The van der Waals surface area contributed by atoms with E-state index >= 15 is 0 Å². The SMILES string of the molecule is CCC(C)Oc1cc2c(cc1OC)CC(=O)N(c1ccc(C(C)N3CCC(O)CC3)cc1)C2c1ccc(Cl)cc1. The van der Waals surface area contributed by atoms with Gasteiger partial charge in [-0.25, -0.2) is 0 Å². The molecular formula is C33H39ClN2O4. The van der Waals surface area contributed by atoms with Crippen molar-refractivity contribution in [1.29, 1.82) is 0 Å². The van der Waals surface area contributed by atoms with Crippen LogP contribution in [0.5, 0.6) is 11.5 Å². The van der Waals surface area contributed by atoms with Crippen molar-refractivity contribution in [2.24, 2.45) is 0 Å². The van der Waals surface area contributed by atoms with Crippen molar-refractivity contribution in [2.75, 3.05) is 25.1 Å². The number of halogens is 1. The third-order valence-corrected chi connectivity index (χ3v) is 8.63. The molecule has 0 saturated carbocycles. The van der Waals surface area contributed by atoms with Crippen LogP contribution in [0.2, 0.25) is 5.02 Å². The van der Waals surface area contributed by atoms with Gasteiger partial charge in [-0.2, -0.15) is 0 Å². The highest BCUT2D eigenvalue weighted by Crippen LogP contribution is 2.44. The molecule has 40 heavy (non-hydrogen) atoms. The number of piperidine rings is 1. The average Bonchev–Trinajstić information content (AvgIpc) is 2.97. The standard InChI is InChI=1S/C33H39ClN2O4/c1-5-21(2)40-31-20-29-25(18-30(31)39-4)19-32(38)36(33(29)24-6-10-26(34)11-7-24)27-12-8-23(9-13-27)22(3)35-16-14-28(37)15-17-35/h6-13,18,20-22,28,33,37H,5,14-17,19H2,1-4H3. The second-order valence-corrected chi connectivity index (χ2v) is 11.4. The normalized spacial score (nSPS) is 19.7. The summed E-state index contributed by atoms with van der Waals surface area (Å²) in [6.07, 6.45) is 2.59. The molecule has 3 aromatic rings. The van der Waals surface area contributed by atoms with Crippen molar-refractivity contribution < 1.29 is 19.4 Å². The zero-order chi connectivity index (χ0) is 28.4. The van der Waals surface area contributed by atoms with Gasteiger partial charge in [0.25, 0.3) is 0 Å². The molecule has 0 aliphatic carbocycles. The Morgan fingerprint density at radius 2 is 1.68 bits per heavy atom. The maximum absolute atomic E-state index is 13.8. The molecule has 2 aliphatic rings. The van der Waals surface area contributed by atoms with Gasteiger partial charge in [0.2, 0.25) is 5.91 Å². The first-order valence-corrected chi connectivity index (χ1v) is 14.6. The number of methoxy groups -OCH3 is 1. The van der Waals surface area contributed by atoms with Crippen LogP contribution in [0.4, 0.5) is 5.69 Å². The Kier molecular flexibility index (Phi) is 8.69. The van der Waals surface area contributed by atoms with Crippen molar-refractivity contribution in [3.8, 4) is 11.5 Å². The fraction of sp³-hybridized carbons (Fsp3) is 0.424. The molecule has 0 aromatic heterocycles. The summed E-state index contributed by atoms with van der Waals surface area (Å²) in [5.41, 5.74) is 4.97. The van der Waals surface area contributed by atoms with E-state index in [1.165, 1.54) is 5.56 Å². The number of amides is 1. The van der Waals surface area contributed by atoms with Crippen molar-refractivity contribution in [3.63, 3.8) is 0 Å². The van der Waals surface area contributed by atoms with Crippen LogP contribution in [0, 0.1) is 0 Å². The first kappa shape index (κ1) is 28.5. The molecule has 1 amide bonds. The van der Waals surface area contributed by atoms with E-state index in [0.717, 1.165) is 54.7 Å². The molecule has 6 nitrogen and oxygen atoms in total. The van der Waals surface area contributed by atoms with Gasteiger partial charge < -0.3 is 19.5 Å². The number of hydrogen-bond acceptors (Lipinski definition) is 5. The minimum Gasteiger partial charge on any atom is -0.493 e. The molecule has 5 rings (SSSR count). The van der Waals surface area contributed by atoms with Crippen LogP contribution >= 0.6 is 11.6 Å². The molecule has 1 fully saturated rings. The Labute approximate surface area is 242 Å². The van der Waals surface area contributed by atoms with E-state index in [2.05, 4.69) is 43.0 Å². The Hall–Kier alpha value is -3.06. The van der Waals surface area contributed by atoms with E-state index in [1.54, 1.807) is 7.11 Å². The minimum atomic E-state index is -0.342. The number of carbonyl (C=O) groups excluding carboxylic acids is 1. The highest BCUT2D eigenvalue weighted by molar-refractivity contribution is 6.30. The molecule has 1 N–H and O–H groups in total. The molecule has 212 valence electrons. The highest BCUT2D eigenvalue weighted by Gasteiger charge is 2.36. The zero-order valence-electron chi connectivity index (χ0n) is 23.8. The van der Waals surface area contributed by atoms with Gasteiger partial charge in [0.1, 0.15) is 0 Å². The van der Waals surface area contributed by atoms with Crippen LogP contribution in [0.15, 0.2) is 60.7 Å². The van der Waals surface area contributed by atoms with Gasteiger partial charge in [-0.05, 0) is 91.8 Å². The minimum absolute atomic E-state index is 0.0240. The van der Waals surface area contributed by atoms with E-state index in [1.807, 2.05) is 48.2 Å². The predicted molar refractivity (Wildman–Crippen MR) is 160 cm³/mol. The average molecular weight is 563 g/mol. The number of hydrogen-bond donors (Lipinski definition) is 1. The van der Waals surface area contributed by atoms with Crippen LogP contribution in [0.25, 0.3) is 0 Å². The number of fused-ring (bicyclic) bond motifs is 1. The van der Waals surface area contributed by atoms with E-state index in [4.69, 9.17) is 21.1 Å². The number of rotatable bonds is 8. The lowest BCUT2D eigenvalue weighted by Gasteiger charge is -2.38. The molecule has 3 aromatic carbocycles. The van der Waals surface area contributed by atoms with Crippen LogP contribution in [0.1, 0.15) is 74.4 Å². The number of benzene rings is 3. The smallest absolute Gasteiger partial charge is 0.232 e. The van der Waals surface area contributed by atoms with Gasteiger partial charge >= 0.3 is 0 Å². The summed E-state index contributed by atoms with van der Waals surface area (Å²) < 4.78 is 11.9. The Morgan fingerprint density at radius 3 is 2.30 bits per heavy atom. The van der Waals surface area contributed by atoms with E-state index in [9.17, 15) is 9.90 Å². The number of aliphatic hydroxyl groups excluding tert-OH is 1. The molecule has 1 saturated heterocycles. The Bertz CT molecular complexity index is 1320. The van der Waals surface area contributed by atoms with Crippen LogP contribution < -0.4 is 14.4 Å². The lowest BCUT2D eigenvalue weighted by atomic mass is 9.86. The molecule has 7 heteroatoms. The van der Waals surface area contributed by atoms with Gasteiger partial charge in [-0.15, -0.1) is 0 Å². The highest BCUT2D eigenvalue weighted by atomic mass is 35.5. The number of aliphatic hydroxyl groups is 1. The van der Waals surface area contributed by atoms with Crippen molar-refractivity contribution in [1.82, 2.24) is 4.90 Å². The second-order valence-electron chi connectivity index (χ2n) is 11.0. The number of likely N-dealkylation sites (tertiary alicyclic amines) is 1.